The molecule has 3 aliphatic rings. The molecule has 0 aromatic carbocycles. The zero-order valence-corrected chi connectivity index (χ0v) is 16.0. The van der Waals surface area contributed by atoms with Crippen molar-refractivity contribution in [3.63, 3.8) is 0 Å². The molecule has 1 aliphatic carbocycles. The number of fused-ring (bicyclic) bond motifs is 1. The summed E-state index contributed by atoms with van der Waals surface area (Å²) in [6.45, 7) is 2.54. The Hall–Kier alpha value is -1.76. The Kier molecular flexibility index (Phi) is 6.46. The van der Waals surface area contributed by atoms with Gasteiger partial charge in [0.1, 0.15) is 31.0 Å². The summed E-state index contributed by atoms with van der Waals surface area (Å²) in [5.41, 5.74) is 0.0200. The zero-order valence-electron chi connectivity index (χ0n) is 16.0. The quantitative estimate of drug-likeness (QED) is 0.323. The second kappa shape index (κ2) is 8.54. The van der Waals surface area contributed by atoms with E-state index < -0.39 is 66.9 Å². The van der Waals surface area contributed by atoms with Crippen LogP contribution in [0.15, 0.2) is 11.8 Å². The van der Waals surface area contributed by atoms with Crippen molar-refractivity contribution in [3.05, 3.63) is 11.8 Å². The number of hydrogen-bond donors (Lipinski definition) is 5. The minimum absolute atomic E-state index is 0.0200. The Bertz CT molecular complexity index is 664. The second-order valence-corrected chi connectivity index (χ2v) is 7.68. The fourth-order valence-corrected chi connectivity index (χ4v) is 4.18. The average Bonchev–Trinajstić information content (AvgIpc) is 2.96. The topological polar surface area (TPSA) is 172 Å². The van der Waals surface area contributed by atoms with E-state index in [0.29, 0.717) is 0 Å². The fraction of sp³-hybridized carbons (Fsp3) is 0.778. The number of rotatable bonds is 5. The molecule has 4 unspecified atom stereocenters. The number of carbonyl (C=O) groups excluding carboxylic acids is 1. The molecular formula is C18H26O11. The van der Waals surface area contributed by atoms with E-state index >= 15 is 0 Å². The van der Waals surface area contributed by atoms with Crippen LogP contribution in [0.1, 0.15) is 20.3 Å². The van der Waals surface area contributed by atoms with Crippen LogP contribution in [0.5, 0.6) is 0 Å². The molecule has 0 spiro atoms. The van der Waals surface area contributed by atoms with Gasteiger partial charge in [0.15, 0.2) is 6.29 Å². The van der Waals surface area contributed by atoms with E-state index in [0.717, 1.165) is 6.26 Å². The number of hydrogen-bond acceptors (Lipinski definition) is 10. The van der Waals surface area contributed by atoms with Crippen LogP contribution in [0, 0.1) is 17.8 Å². The minimum Gasteiger partial charge on any atom is -0.478 e. The second-order valence-electron chi connectivity index (χ2n) is 7.68. The predicted octanol–water partition coefficient (Wildman–Crippen LogP) is -1.67. The number of aliphatic hydroxyl groups is 4. The van der Waals surface area contributed by atoms with Crippen molar-refractivity contribution in [2.45, 2.75) is 63.4 Å². The predicted molar refractivity (Wildman–Crippen MR) is 91.8 cm³/mol. The number of esters is 1. The molecule has 2 aliphatic heterocycles. The number of carboxylic acids is 1. The first-order valence-electron chi connectivity index (χ1n) is 9.37. The van der Waals surface area contributed by atoms with Crippen LogP contribution < -0.4 is 0 Å². The third kappa shape index (κ3) is 4.25. The van der Waals surface area contributed by atoms with Gasteiger partial charge in [-0.25, -0.2) is 4.79 Å². The highest BCUT2D eigenvalue weighted by Gasteiger charge is 2.53. The molecule has 0 radical (unpaired) electrons. The lowest BCUT2D eigenvalue weighted by Gasteiger charge is -2.43. The summed E-state index contributed by atoms with van der Waals surface area (Å²) in [6, 6.07) is 0. The number of aliphatic carboxylic acids is 1. The lowest BCUT2D eigenvalue weighted by atomic mass is 9.83. The minimum atomic E-state index is -1.63. The summed E-state index contributed by atoms with van der Waals surface area (Å²) in [7, 11) is 0. The molecule has 11 heteroatoms. The van der Waals surface area contributed by atoms with Crippen molar-refractivity contribution in [3.8, 4) is 0 Å². The summed E-state index contributed by atoms with van der Waals surface area (Å²) in [4.78, 5) is 22.5. The third-order valence-electron chi connectivity index (χ3n) is 5.85. The number of ether oxygens (including phenoxy) is 4. The van der Waals surface area contributed by atoms with Crippen molar-refractivity contribution < 1.29 is 54.1 Å². The van der Waals surface area contributed by atoms with Crippen molar-refractivity contribution in [2.24, 2.45) is 17.8 Å². The van der Waals surface area contributed by atoms with E-state index in [2.05, 4.69) is 0 Å². The van der Waals surface area contributed by atoms with E-state index in [4.69, 9.17) is 18.9 Å². The van der Waals surface area contributed by atoms with Gasteiger partial charge in [0.05, 0.1) is 17.9 Å². The van der Waals surface area contributed by atoms with E-state index in [1.807, 2.05) is 0 Å². The first-order valence-corrected chi connectivity index (χ1v) is 9.37. The maximum atomic E-state index is 11.5. The highest BCUT2D eigenvalue weighted by molar-refractivity contribution is 5.87. The Morgan fingerprint density at radius 1 is 1.14 bits per heavy atom. The summed E-state index contributed by atoms with van der Waals surface area (Å²) in [6.07, 6.45) is -7.93. The van der Waals surface area contributed by atoms with E-state index in [1.54, 1.807) is 6.92 Å². The largest absolute Gasteiger partial charge is 0.478 e. The van der Waals surface area contributed by atoms with Crippen molar-refractivity contribution in [1.29, 1.82) is 0 Å². The highest BCUT2D eigenvalue weighted by Crippen LogP contribution is 2.47. The molecule has 1 saturated carbocycles. The fourth-order valence-electron chi connectivity index (χ4n) is 4.18. The van der Waals surface area contributed by atoms with Crippen LogP contribution >= 0.6 is 0 Å². The lowest BCUT2D eigenvalue weighted by Crippen LogP contribution is -2.60. The first kappa shape index (κ1) is 21.9. The zero-order chi connectivity index (χ0) is 21.5. The summed E-state index contributed by atoms with van der Waals surface area (Å²) in [5.74, 6) is -3.19. The summed E-state index contributed by atoms with van der Waals surface area (Å²) < 4.78 is 21.4. The van der Waals surface area contributed by atoms with Crippen LogP contribution in [0.25, 0.3) is 0 Å². The molecule has 11 nitrogen and oxygen atoms in total. The Balaban J connectivity index is 1.76. The Morgan fingerprint density at radius 3 is 2.45 bits per heavy atom. The van der Waals surface area contributed by atoms with E-state index in [1.165, 1.54) is 6.92 Å². The first-order chi connectivity index (χ1) is 13.6. The Morgan fingerprint density at radius 2 is 1.83 bits per heavy atom. The smallest absolute Gasteiger partial charge is 0.334 e. The molecule has 29 heavy (non-hydrogen) atoms. The van der Waals surface area contributed by atoms with Gasteiger partial charge in [0.25, 0.3) is 0 Å². The van der Waals surface area contributed by atoms with E-state index in [-0.39, 0.29) is 24.5 Å². The molecule has 2 heterocycles. The van der Waals surface area contributed by atoms with Gasteiger partial charge in [-0.2, -0.15) is 0 Å². The van der Waals surface area contributed by atoms with Gasteiger partial charge in [0, 0.05) is 18.8 Å². The van der Waals surface area contributed by atoms with E-state index in [9.17, 15) is 35.1 Å². The van der Waals surface area contributed by atoms with Crippen molar-refractivity contribution >= 4 is 11.9 Å². The molecule has 164 valence electrons. The molecular weight excluding hydrogens is 392 g/mol. The number of carboxylic acid groups (broad SMARTS) is 1. The Labute approximate surface area is 166 Å². The molecule has 0 bridgehead atoms. The van der Waals surface area contributed by atoms with Crippen LogP contribution in [0.4, 0.5) is 0 Å². The molecule has 3 rings (SSSR count). The van der Waals surface area contributed by atoms with Gasteiger partial charge in [-0.05, 0) is 12.3 Å². The normalized spacial score (nSPS) is 44.4. The molecule has 10 atom stereocenters. The molecule has 5 N–H and O–H groups in total. The highest BCUT2D eigenvalue weighted by atomic mass is 16.8. The standard InChI is InChI=1S/C18H26O11/c1-6-10(20)3-8-9(16(24)25)4-27-17(12(6)8)29-18-15(23)14(22)13(21)11(28-18)5-26-7(2)19/h4,6,8,10-15,17-18,20-23H,3,5H2,1-2H3,(H,24,25)/t6-,8+,10-,11?,12+,13?,14-,15?,17-,18?/m0/s1. The van der Waals surface area contributed by atoms with Gasteiger partial charge < -0.3 is 44.5 Å². The number of carbonyl (C=O) groups is 2. The van der Waals surface area contributed by atoms with Gasteiger partial charge in [-0.1, -0.05) is 6.92 Å². The summed E-state index contributed by atoms with van der Waals surface area (Å²) in [5, 5.41) is 50.0. The van der Waals surface area contributed by atoms with Crippen molar-refractivity contribution in [2.75, 3.05) is 6.61 Å². The molecule has 0 aromatic rings. The van der Waals surface area contributed by atoms with Crippen LogP contribution in [0.3, 0.4) is 0 Å². The molecule has 0 amide bonds. The third-order valence-corrected chi connectivity index (χ3v) is 5.85. The maximum absolute atomic E-state index is 11.5. The maximum Gasteiger partial charge on any atom is 0.334 e. The van der Waals surface area contributed by atoms with Crippen LogP contribution in [-0.4, -0.2) is 87.2 Å². The molecule has 1 saturated heterocycles. The molecule has 2 fully saturated rings. The SMILES string of the molecule is CC(=O)OCC1OC(O[C@@H]2OC=C(C(=O)O)[C@H]3C[C@H](O)[C@H](C)[C@@H]23)C(O)[C@@H](O)C1O. The summed E-state index contributed by atoms with van der Waals surface area (Å²) >= 11 is 0. The van der Waals surface area contributed by atoms with Crippen LogP contribution in [0.2, 0.25) is 0 Å². The van der Waals surface area contributed by atoms with Crippen molar-refractivity contribution in [1.82, 2.24) is 0 Å². The lowest BCUT2D eigenvalue weighted by molar-refractivity contribution is -0.342. The van der Waals surface area contributed by atoms with Gasteiger partial charge >= 0.3 is 11.9 Å². The van der Waals surface area contributed by atoms with Gasteiger partial charge in [-0.3, -0.25) is 4.79 Å². The monoisotopic (exact) mass is 418 g/mol. The van der Waals surface area contributed by atoms with Crippen LogP contribution in [-0.2, 0) is 28.5 Å². The average molecular weight is 418 g/mol. The van der Waals surface area contributed by atoms with Gasteiger partial charge in [-0.15, -0.1) is 0 Å². The molecule has 0 aromatic heterocycles. The number of aliphatic hydroxyl groups excluding tert-OH is 4. The van der Waals surface area contributed by atoms with Gasteiger partial charge in [0.2, 0.25) is 6.29 Å².